The lowest BCUT2D eigenvalue weighted by molar-refractivity contribution is 1.17. The van der Waals surface area contributed by atoms with Crippen molar-refractivity contribution >= 4 is 43.4 Å². The van der Waals surface area contributed by atoms with Gasteiger partial charge in [-0.2, -0.15) is 0 Å². The third-order valence-electron chi connectivity index (χ3n) is 8.78. The Balaban J connectivity index is 1.03. The Bertz CT molecular complexity index is 2400. The molecule has 4 nitrogen and oxygen atoms in total. The molecule has 45 heavy (non-hydrogen) atoms. The molecule has 4 heterocycles. The minimum absolute atomic E-state index is 0.851. The molecule has 0 aliphatic rings. The van der Waals surface area contributed by atoms with Gasteiger partial charge < -0.3 is 4.57 Å². The van der Waals surface area contributed by atoms with Crippen molar-refractivity contribution < 1.29 is 0 Å². The third kappa shape index (κ3) is 4.19. The van der Waals surface area contributed by atoms with Gasteiger partial charge in [0.2, 0.25) is 0 Å². The summed E-state index contributed by atoms with van der Waals surface area (Å²) in [5, 5.41) is 7.28. The van der Waals surface area contributed by atoms with E-state index >= 15 is 0 Å². The molecule has 0 unspecified atom stereocenters. The molecule has 5 aromatic carbocycles. The van der Waals surface area contributed by atoms with Gasteiger partial charge in [0.25, 0.3) is 0 Å². The molecule has 4 heteroatoms. The number of hydrogen-bond acceptors (Lipinski definition) is 3. The first kappa shape index (κ1) is 25.4. The van der Waals surface area contributed by atoms with E-state index in [4.69, 9.17) is 9.97 Å². The fraction of sp³-hybridized carbons (Fsp3) is 0. The van der Waals surface area contributed by atoms with Crippen LogP contribution < -0.4 is 0 Å². The Morgan fingerprint density at radius 1 is 0.422 bits per heavy atom. The van der Waals surface area contributed by atoms with Crippen molar-refractivity contribution in [1.82, 2.24) is 19.5 Å². The average molecular weight is 575 g/mol. The second-order valence-corrected chi connectivity index (χ2v) is 11.4. The van der Waals surface area contributed by atoms with Crippen LogP contribution in [0.3, 0.4) is 0 Å². The van der Waals surface area contributed by atoms with Crippen molar-refractivity contribution in [2.45, 2.75) is 0 Å². The number of nitrogens with zero attached hydrogens (tertiary/aromatic N) is 4. The van der Waals surface area contributed by atoms with Crippen molar-refractivity contribution in [2.75, 3.05) is 0 Å². The minimum atomic E-state index is 0.851. The van der Waals surface area contributed by atoms with Gasteiger partial charge in [0.15, 0.2) is 0 Å². The molecule has 0 radical (unpaired) electrons. The second kappa shape index (κ2) is 10.2. The van der Waals surface area contributed by atoms with E-state index in [-0.39, 0.29) is 0 Å². The molecule has 0 amide bonds. The Morgan fingerprint density at radius 2 is 1.00 bits per heavy atom. The van der Waals surface area contributed by atoms with Crippen LogP contribution in [0.1, 0.15) is 0 Å². The molecule has 0 atom stereocenters. The monoisotopic (exact) mass is 574 g/mol. The number of hydrogen-bond donors (Lipinski definition) is 0. The third-order valence-corrected chi connectivity index (χ3v) is 8.78. The molecule has 4 aromatic heterocycles. The summed E-state index contributed by atoms with van der Waals surface area (Å²) >= 11 is 0. The van der Waals surface area contributed by atoms with Gasteiger partial charge in [-0.25, -0.2) is 0 Å². The molecule has 9 aromatic rings. The topological polar surface area (TPSA) is 43.6 Å². The van der Waals surface area contributed by atoms with E-state index in [1.165, 1.54) is 38.0 Å². The molecule has 0 saturated carbocycles. The van der Waals surface area contributed by atoms with Crippen molar-refractivity contribution in [1.29, 1.82) is 0 Å². The van der Waals surface area contributed by atoms with Crippen molar-refractivity contribution in [3.05, 3.63) is 158 Å². The number of benzene rings is 5. The van der Waals surface area contributed by atoms with Crippen LogP contribution in [0.4, 0.5) is 0 Å². The molecule has 0 fully saturated rings. The zero-order valence-corrected chi connectivity index (χ0v) is 24.3. The molecular formula is C41H26N4. The van der Waals surface area contributed by atoms with Crippen LogP contribution in [-0.2, 0) is 0 Å². The molecule has 9 rings (SSSR count). The predicted octanol–water partition coefficient (Wildman–Crippen LogP) is 10.3. The van der Waals surface area contributed by atoms with Crippen LogP contribution in [-0.4, -0.2) is 19.5 Å². The van der Waals surface area contributed by atoms with Gasteiger partial charge in [-0.3, -0.25) is 15.0 Å². The van der Waals surface area contributed by atoms with Crippen LogP contribution in [0.25, 0.3) is 82.7 Å². The van der Waals surface area contributed by atoms with Crippen molar-refractivity contribution in [2.24, 2.45) is 0 Å². The summed E-state index contributed by atoms with van der Waals surface area (Å²) in [4.78, 5) is 14.0. The minimum Gasteiger partial charge on any atom is -0.309 e. The number of rotatable bonds is 4. The van der Waals surface area contributed by atoms with Crippen molar-refractivity contribution in [3.63, 3.8) is 0 Å². The highest BCUT2D eigenvalue weighted by Crippen LogP contribution is 2.37. The molecular weight excluding hydrogens is 548 g/mol. The van der Waals surface area contributed by atoms with E-state index in [1.807, 2.05) is 24.8 Å². The quantitative estimate of drug-likeness (QED) is 0.196. The fourth-order valence-corrected chi connectivity index (χ4v) is 6.63. The largest absolute Gasteiger partial charge is 0.309 e. The van der Waals surface area contributed by atoms with E-state index in [0.717, 1.165) is 44.7 Å². The molecule has 0 aliphatic carbocycles. The van der Waals surface area contributed by atoms with Gasteiger partial charge in [0.05, 0.1) is 22.4 Å². The van der Waals surface area contributed by atoms with Gasteiger partial charge in [0.1, 0.15) is 0 Å². The maximum Gasteiger partial charge on any atom is 0.0886 e. The summed E-state index contributed by atoms with van der Waals surface area (Å²) in [5.41, 5.74) is 9.64. The Labute approximate surface area is 259 Å². The zero-order chi connectivity index (χ0) is 29.7. The van der Waals surface area contributed by atoms with Gasteiger partial charge in [-0.05, 0) is 75.1 Å². The van der Waals surface area contributed by atoms with Gasteiger partial charge in [0, 0.05) is 52.4 Å². The SMILES string of the molecule is c1ccc2c(-c3ccc(-c4ccc(-c5ccc(-n6c7ccccc7c7cnccc76)cc5)cn4)nc3)c3ccccc3cc2c1. The Hall–Kier alpha value is -6.13. The summed E-state index contributed by atoms with van der Waals surface area (Å²) in [6.07, 6.45) is 7.71. The highest BCUT2D eigenvalue weighted by atomic mass is 15.0. The molecule has 0 bridgehead atoms. The molecule has 0 saturated heterocycles. The van der Waals surface area contributed by atoms with Crippen LogP contribution in [0.15, 0.2) is 158 Å². The van der Waals surface area contributed by atoms with Crippen LogP contribution in [0, 0.1) is 0 Å². The van der Waals surface area contributed by atoms with Gasteiger partial charge >= 0.3 is 0 Å². The number of fused-ring (bicyclic) bond motifs is 5. The lowest BCUT2D eigenvalue weighted by Crippen LogP contribution is -1.94. The molecule has 0 N–H and O–H groups in total. The molecule has 210 valence electrons. The maximum absolute atomic E-state index is 4.86. The van der Waals surface area contributed by atoms with E-state index in [2.05, 4.69) is 143 Å². The standard InChI is InChI=1S/C41H26N4/c1-3-9-33-28(7-1)23-29-8-2-4-10-34(29)41(33)31-16-20-38(44-25-31)37-19-15-30(24-43-37)27-13-17-32(18-14-27)45-39-12-6-5-11-35(39)36-26-42-22-21-40(36)45/h1-26H. The van der Waals surface area contributed by atoms with Gasteiger partial charge in [-0.1, -0.05) is 91.0 Å². The Kier molecular flexibility index (Phi) is 5.78. The molecule has 0 spiro atoms. The normalized spacial score (nSPS) is 11.6. The summed E-state index contributed by atoms with van der Waals surface area (Å²) in [6.45, 7) is 0. The summed E-state index contributed by atoms with van der Waals surface area (Å²) < 4.78 is 2.30. The maximum atomic E-state index is 4.86. The smallest absolute Gasteiger partial charge is 0.0886 e. The highest BCUT2D eigenvalue weighted by molar-refractivity contribution is 6.12. The van der Waals surface area contributed by atoms with E-state index < -0.39 is 0 Å². The highest BCUT2D eigenvalue weighted by Gasteiger charge is 2.13. The first-order valence-electron chi connectivity index (χ1n) is 15.1. The van der Waals surface area contributed by atoms with Crippen LogP contribution in [0.5, 0.6) is 0 Å². The van der Waals surface area contributed by atoms with Crippen LogP contribution >= 0.6 is 0 Å². The first-order chi connectivity index (χ1) is 22.3. The molecule has 0 aliphatic heterocycles. The summed E-state index contributed by atoms with van der Waals surface area (Å²) in [6, 6.07) is 47.0. The number of pyridine rings is 3. The van der Waals surface area contributed by atoms with E-state index in [1.54, 1.807) is 0 Å². The summed E-state index contributed by atoms with van der Waals surface area (Å²) in [7, 11) is 0. The lowest BCUT2D eigenvalue weighted by atomic mass is 9.93. The second-order valence-electron chi connectivity index (χ2n) is 11.4. The first-order valence-corrected chi connectivity index (χ1v) is 15.1. The van der Waals surface area contributed by atoms with Gasteiger partial charge in [-0.15, -0.1) is 0 Å². The predicted molar refractivity (Wildman–Crippen MR) is 185 cm³/mol. The zero-order valence-electron chi connectivity index (χ0n) is 24.3. The van der Waals surface area contributed by atoms with E-state index in [9.17, 15) is 0 Å². The Morgan fingerprint density at radius 3 is 1.67 bits per heavy atom. The fourth-order valence-electron chi connectivity index (χ4n) is 6.63. The summed E-state index contributed by atoms with van der Waals surface area (Å²) in [5.74, 6) is 0. The lowest BCUT2D eigenvalue weighted by Gasteiger charge is -2.12. The number of aromatic nitrogens is 4. The van der Waals surface area contributed by atoms with Crippen LogP contribution in [0.2, 0.25) is 0 Å². The van der Waals surface area contributed by atoms with Crippen molar-refractivity contribution in [3.8, 4) is 39.3 Å². The number of para-hydroxylation sites is 1. The average Bonchev–Trinajstić information content (AvgIpc) is 3.45. The van der Waals surface area contributed by atoms with E-state index in [0.29, 0.717) is 0 Å².